The molecule has 1 N–H and O–H groups in total. The average molecular weight is 291 g/mol. The molecule has 1 aromatic carbocycles. The van der Waals surface area contributed by atoms with E-state index in [1.807, 2.05) is 6.92 Å². The maximum atomic E-state index is 11.9. The Kier molecular flexibility index (Phi) is 6.90. The van der Waals surface area contributed by atoms with Crippen LogP contribution in [0.5, 0.6) is 0 Å². The Hall–Kier alpha value is -1.35. The second-order valence-corrected chi connectivity index (χ2v) is 6.14. The monoisotopic (exact) mass is 291 g/mol. The highest BCUT2D eigenvalue weighted by atomic mass is 16.5. The molecule has 0 spiro atoms. The number of rotatable bonds is 8. The maximum absolute atomic E-state index is 11.9. The molecule has 21 heavy (non-hydrogen) atoms. The van der Waals surface area contributed by atoms with Gasteiger partial charge in [-0.15, -0.1) is 0 Å². The fourth-order valence-corrected chi connectivity index (χ4v) is 2.64. The highest BCUT2D eigenvalue weighted by Gasteiger charge is 2.29. The van der Waals surface area contributed by atoms with Crippen LogP contribution in [0.15, 0.2) is 24.3 Å². The number of ether oxygens (including phenoxy) is 1. The van der Waals surface area contributed by atoms with Crippen molar-refractivity contribution in [1.82, 2.24) is 5.32 Å². The molecule has 0 amide bonds. The fraction of sp³-hybridized carbons (Fsp3) is 0.611. The van der Waals surface area contributed by atoms with Crippen LogP contribution in [0, 0.1) is 5.92 Å². The predicted molar refractivity (Wildman–Crippen MR) is 87.3 cm³/mol. The Morgan fingerprint density at radius 2 is 1.86 bits per heavy atom. The van der Waals surface area contributed by atoms with Gasteiger partial charge in [-0.3, -0.25) is 4.79 Å². The lowest BCUT2D eigenvalue weighted by atomic mass is 9.87. The van der Waals surface area contributed by atoms with Gasteiger partial charge in [0.2, 0.25) is 0 Å². The predicted octanol–water partition coefficient (Wildman–Crippen LogP) is 3.66. The Balaban J connectivity index is 2.90. The van der Waals surface area contributed by atoms with Crippen LogP contribution in [0.1, 0.15) is 52.2 Å². The molecule has 118 valence electrons. The summed E-state index contributed by atoms with van der Waals surface area (Å²) in [7, 11) is 0. The average Bonchev–Trinajstić information content (AvgIpc) is 2.39. The molecular formula is C18H29NO2. The molecule has 3 nitrogen and oxygen atoms in total. The number of nitrogens with one attached hydrogen (secondary N) is 1. The standard InChI is InChI=1S/C18H29NO2/c1-6-19-18(5,13-17(20)21-7-2)16-10-8-15(9-11-16)12-14(3)4/h8-11,14,19H,6-7,12-13H2,1-5H3. The van der Waals surface area contributed by atoms with Crippen molar-refractivity contribution in [3.8, 4) is 0 Å². The van der Waals surface area contributed by atoms with E-state index in [4.69, 9.17) is 4.74 Å². The molecule has 3 heteroatoms. The van der Waals surface area contributed by atoms with Crippen LogP contribution in [-0.2, 0) is 21.5 Å². The van der Waals surface area contributed by atoms with Crippen LogP contribution in [0.4, 0.5) is 0 Å². The summed E-state index contributed by atoms with van der Waals surface area (Å²) in [5.74, 6) is 0.489. The summed E-state index contributed by atoms with van der Waals surface area (Å²) >= 11 is 0. The number of carbonyl (C=O) groups is 1. The zero-order valence-electron chi connectivity index (χ0n) is 14.0. The van der Waals surface area contributed by atoms with E-state index in [0.717, 1.165) is 18.5 Å². The zero-order chi connectivity index (χ0) is 15.9. The van der Waals surface area contributed by atoms with E-state index in [0.29, 0.717) is 18.9 Å². The second-order valence-electron chi connectivity index (χ2n) is 6.14. The summed E-state index contributed by atoms with van der Waals surface area (Å²) in [6.07, 6.45) is 1.42. The zero-order valence-corrected chi connectivity index (χ0v) is 14.0. The summed E-state index contributed by atoms with van der Waals surface area (Å²) in [6.45, 7) is 11.6. The quantitative estimate of drug-likeness (QED) is 0.743. The second kappa shape index (κ2) is 8.18. The van der Waals surface area contributed by atoms with Gasteiger partial charge in [0.1, 0.15) is 0 Å². The van der Waals surface area contributed by atoms with Crippen LogP contribution < -0.4 is 5.32 Å². The molecule has 0 aliphatic rings. The van der Waals surface area contributed by atoms with Crippen molar-refractivity contribution < 1.29 is 9.53 Å². The van der Waals surface area contributed by atoms with Crippen LogP contribution in [0.3, 0.4) is 0 Å². The molecule has 0 heterocycles. The molecule has 0 radical (unpaired) electrons. The first-order valence-electron chi connectivity index (χ1n) is 7.91. The first-order chi connectivity index (χ1) is 9.91. The fourth-order valence-electron chi connectivity index (χ4n) is 2.64. The third-order valence-electron chi connectivity index (χ3n) is 3.61. The number of hydrogen-bond donors (Lipinski definition) is 1. The van der Waals surface area contributed by atoms with Gasteiger partial charge in [0.05, 0.1) is 18.6 Å². The minimum Gasteiger partial charge on any atom is -0.466 e. The summed E-state index contributed by atoms with van der Waals surface area (Å²) in [4.78, 5) is 11.9. The summed E-state index contributed by atoms with van der Waals surface area (Å²) in [6, 6.07) is 8.57. The van der Waals surface area contributed by atoms with Crippen LogP contribution >= 0.6 is 0 Å². The Bertz CT molecular complexity index is 439. The molecule has 0 fully saturated rings. The SMILES string of the molecule is CCNC(C)(CC(=O)OCC)c1ccc(CC(C)C)cc1. The van der Waals surface area contributed by atoms with Gasteiger partial charge in [0.25, 0.3) is 0 Å². The molecule has 0 saturated heterocycles. The largest absolute Gasteiger partial charge is 0.466 e. The van der Waals surface area contributed by atoms with Crippen molar-refractivity contribution in [1.29, 1.82) is 0 Å². The van der Waals surface area contributed by atoms with Crippen molar-refractivity contribution in [2.45, 2.75) is 53.0 Å². The normalized spacial score (nSPS) is 14.0. The summed E-state index contributed by atoms with van der Waals surface area (Å²) < 4.78 is 5.10. The van der Waals surface area contributed by atoms with E-state index >= 15 is 0 Å². The van der Waals surface area contributed by atoms with E-state index in [1.165, 1.54) is 5.56 Å². The van der Waals surface area contributed by atoms with Crippen molar-refractivity contribution >= 4 is 5.97 Å². The van der Waals surface area contributed by atoms with E-state index in [9.17, 15) is 4.79 Å². The summed E-state index contributed by atoms with van der Waals surface area (Å²) in [5, 5.41) is 3.42. The Morgan fingerprint density at radius 1 is 1.24 bits per heavy atom. The topological polar surface area (TPSA) is 38.3 Å². The lowest BCUT2D eigenvalue weighted by Gasteiger charge is -2.30. The van der Waals surface area contributed by atoms with E-state index < -0.39 is 0 Å². The number of carbonyl (C=O) groups excluding carboxylic acids is 1. The van der Waals surface area contributed by atoms with Crippen molar-refractivity contribution in [2.24, 2.45) is 5.92 Å². The molecule has 0 aliphatic heterocycles. The highest BCUT2D eigenvalue weighted by molar-refractivity contribution is 5.71. The molecule has 0 aliphatic carbocycles. The lowest BCUT2D eigenvalue weighted by molar-refractivity contribution is -0.144. The van der Waals surface area contributed by atoms with Gasteiger partial charge in [-0.1, -0.05) is 45.0 Å². The molecule has 1 aromatic rings. The van der Waals surface area contributed by atoms with Gasteiger partial charge in [-0.25, -0.2) is 0 Å². The van der Waals surface area contributed by atoms with Gasteiger partial charge in [0, 0.05) is 0 Å². The van der Waals surface area contributed by atoms with Crippen LogP contribution in [-0.4, -0.2) is 19.1 Å². The Labute approximate surface area is 129 Å². The molecule has 0 bridgehead atoms. The van der Waals surface area contributed by atoms with Crippen molar-refractivity contribution in [3.63, 3.8) is 0 Å². The van der Waals surface area contributed by atoms with Gasteiger partial charge < -0.3 is 10.1 Å². The molecule has 0 aromatic heterocycles. The third kappa shape index (κ3) is 5.50. The molecule has 1 atom stereocenters. The van der Waals surface area contributed by atoms with Gasteiger partial charge in [0.15, 0.2) is 0 Å². The smallest absolute Gasteiger partial charge is 0.307 e. The van der Waals surface area contributed by atoms with E-state index in [1.54, 1.807) is 0 Å². The summed E-state index contributed by atoms with van der Waals surface area (Å²) in [5.41, 5.74) is 2.09. The van der Waals surface area contributed by atoms with Crippen molar-refractivity contribution in [2.75, 3.05) is 13.2 Å². The number of esters is 1. The van der Waals surface area contributed by atoms with E-state index in [2.05, 4.69) is 57.3 Å². The molecule has 1 unspecified atom stereocenters. The number of hydrogen-bond acceptors (Lipinski definition) is 3. The highest BCUT2D eigenvalue weighted by Crippen LogP contribution is 2.26. The third-order valence-corrected chi connectivity index (χ3v) is 3.61. The first kappa shape index (κ1) is 17.7. The van der Waals surface area contributed by atoms with Gasteiger partial charge in [-0.2, -0.15) is 0 Å². The van der Waals surface area contributed by atoms with Crippen molar-refractivity contribution in [3.05, 3.63) is 35.4 Å². The van der Waals surface area contributed by atoms with Crippen LogP contribution in [0.25, 0.3) is 0 Å². The molecular weight excluding hydrogens is 262 g/mol. The van der Waals surface area contributed by atoms with E-state index in [-0.39, 0.29) is 11.5 Å². The minimum atomic E-state index is -0.378. The van der Waals surface area contributed by atoms with Crippen LogP contribution in [0.2, 0.25) is 0 Å². The minimum absolute atomic E-state index is 0.160. The molecule has 1 rings (SSSR count). The van der Waals surface area contributed by atoms with Gasteiger partial charge >= 0.3 is 5.97 Å². The molecule has 0 saturated carbocycles. The first-order valence-corrected chi connectivity index (χ1v) is 7.91. The lowest BCUT2D eigenvalue weighted by Crippen LogP contribution is -2.41. The Morgan fingerprint density at radius 3 is 2.33 bits per heavy atom. The maximum Gasteiger partial charge on any atom is 0.307 e. The number of benzene rings is 1. The van der Waals surface area contributed by atoms with Gasteiger partial charge in [-0.05, 0) is 43.9 Å².